The zero-order chi connectivity index (χ0) is 10.8. The van der Waals surface area contributed by atoms with Crippen LogP contribution in [0.1, 0.15) is 28.2 Å². The summed E-state index contributed by atoms with van der Waals surface area (Å²) in [6.45, 7) is 3.15. The molecule has 0 bridgehead atoms. The van der Waals surface area contributed by atoms with E-state index in [9.17, 15) is 4.79 Å². The average molecular weight is 226 g/mol. The van der Waals surface area contributed by atoms with Gasteiger partial charge in [0.05, 0.1) is 5.69 Å². The summed E-state index contributed by atoms with van der Waals surface area (Å²) in [5.41, 5.74) is 6.35. The van der Waals surface area contributed by atoms with Crippen molar-refractivity contribution in [2.75, 3.05) is 13.1 Å². The van der Waals surface area contributed by atoms with Crippen molar-refractivity contribution >= 4 is 17.4 Å². The highest BCUT2D eigenvalue weighted by Gasteiger charge is 2.30. The molecule has 2 N–H and O–H groups in total. The SMILES string of the molecule is Cc1nnsc1C(=O)N1CCCC1CN. The summed E-state index contributed by atoms with van der Waals surface area (Å²) in [6, 6.07) is 0.194. The van der Waals surface area contributed by atoms with E-state index in [4.69, 9.17) is 5.73 Å². The Morgan fingerprint density at radius 1 is 1.73 bits per heavy atom. The van der Waals surface area contributed by atoms with Crippen LogP contribution in [0.25, 0.3) is 0 Å². The lowest BCUT2D eigenvalue weighted by Crippen LogP contribution is -2.39. The molecule has 0 aromatic carbocycles. The van der Waals surface area contributed by atoms with Gasteiger partial charge in [-0.25, -0.2) is 0 Å². The number of carbonyl (C=O) groups is 1. The largest absolute Gasteiger partial charge is 0.334 e. The lowest BCUT2D eigenvalue weighted by atomic mass is 10.2. The maximum absolute atomic E-state index is 12.1. The predicted octanol–water partition coefficient (Wildman–Crippen LogP) is 0.410. The summed E-state index contributed by atoms with van der Waals surface area (Å²) in [4.78, 5) is 14.6. The Balaban J connectivity index is 2.18. The first-order valence-corrected chi connectivity index (χ1v) is 5.81. The number of nitrogens with two attached hydrogens (primary N) is 1. The van der Waals surface area contributed by atoms with Crippen molar-refractivity contribution in [1.29, 1.82) is 0 Å². The minimum Gasteiger partial charge on any atom is -0.334 e. The van der Waals surface area contributed by atoms with Crippen LogP contribution in [0, 0.1) is 6.92 Å². The van der Waals surface area contributed by atoms with Gasteiger partial charge in [-0.15, -0.1) is 5.10 Å². The number of aromatic nitrogens is 2. The van der Waals surface area contributed by atoms with E-state index >= 15 is 0 Å². The summed E-state index contributed by atoms with van der Waals surface area (Å²) in [6.07, 6.45) is 2.05. The highest BCUT2D eigenvalue weighted by atomic mass is 32.1. The van der Waals surface area contributed by atoms with Gasteiger partial charge in [0.25, 0.3) is 5.91 Å². The molecule has 6 heteroatoms. The highest BCUT2D eigenvalue weighted by Crippen LogP contribution is 2.21. The van der Waals surface area contributed by atoms with Gasteiger partial charge in [0.1, 0.15) is 4.88 Å². The van der Waals surface area contributed by atoms with Crippen molar-refractivity contribution in [3.8, 4) is 0 Å². The molecule has 82 valence electrons. The van der Waals surface area contributed by atoms with Crippen LogP contribution in [0.3, 0.4) is 0 Å². The smallest absolute Gasteiger partial charge is 0.267 e. The van der Waals surface area contributed by atoms with Gasteiger partial charge in [-0.05, 0) is 31.3 Å². The molecular formula is C9H14N4OS. The van der Waals surface area contributed by atoms with E-state index in [1.54, 1.807) is 0 Å². The van der Waals surface area contributed by atoms with Gasteiger partial charge in [-0.3, -0.25) is 4.79 Å². The van der Waals surface area contributed by atoms with Crippen molar-refractivity contribution in [1.82, 2.24) is 14.5 Å². The van der Waals surface area contributed by atoms with Crippen molar-refractivity contribution in [3.63, 3.8) is 0 Å². The van der Waals surface area contributed by atoms with Gasteiger partial charge >= 0.3 is 0 Å². The predicted molar refractivity (Wildman–Crippen MR) is 57.8 cm³/mol. The molecule has 1 aliphatic heterocycles. The molecule has 1 saturated heterocycles. The number of hydrogen-bond acceptors (Lipinski definition) is 5. The molecule has 1 aliphatic rings. The Morgan fingerprint density at radius 3 is 3.13 bits per heavy atom. The first kappa shape index (κ1) is 10.5. The Morgan fingerprint density at radius 2 is 2.53 bits per heavy atom. The highest BCUT2D eigenvalue weighted by molar-refractivity contribution is 7.07. The van der Waals surface area contributed by atoms with E-state index in [-0.39, 0.29) is 11.9 Å². The normalized spacial score (nSPS) is 20.9. The zero-order valence-corrected chi connectivity index (χ0v) is 9.46. The van der Waals surface area contributed by atoms with Crippen LogP contribution in [0.4, 0.5) is 0 Å². The third kappa shape index (κ3) is 1.87. The van der Waals surface area contributed by atoms with Crippen LogP contribution in [0.5, 0.6) is 0 Å². The summed E-state index contributed by atoms with van der Waals surface area (Å²) >= 11 is 1.16. The molecule has 0 saturated carbocycles. The van der Waals surface area contributed by atoms with Crippen LogP contribution >= 0.6 is 11.5 Å². The second kappa shape index (κ2) is 4.24. The molecule has 0 radical (unpaired) electrons. The first-order valence-electron chi connectivity index (χ1n) is 5.04. The Kier molecular flexibility index (Phi) is 2.97. The van der Waals surface area contributed by atoms with Gasteiger partial charge in [-0.1, -0.05) is 4.49 Å². The number of likely N-dealkylation sites (tertiary alicyclic amines) is 1. The molecule has 1 amide bonds. The number of rotatable bonds is 2. The number of hydrogen-bond donors (Lipinski definition) is 1. The standard InChI is InChI=1S/C9H14N4OS/c1-6-8(15-12-11-6)9(14)13-4-2-3-7(13)5-10/h7H,2-5,10H2,1H3. The van der Waals surface area contributed by atoms with Crippen molar-refractivity contribution in [2.45, 2.75) is 25.8 Å². The third-order valence-electron chi connectivity index (χ3n) is 2.76. The number of amides is 1. The molecular weight excluding hydrogens is 212 g/mol. The molecule has 15 heavy (non-hydrogen) atoms. The van der Waals surface area contributed by atoms with Gasteiger partial charge in [0.2, 0.25) is 0 Å². The van der Waals surface area contributed by atoms with Crippen molar-refractivity contribution < 1.29 is 4.79 Å². The number of carbonyl (C=O) groups excluding carboxylic acids is 1. The van der Waals surface area contributed by atoms with Gasteiger partial charge < -0.3 is 10.6 Å². The second-order valence-electron chi connectivity index (χ2n) is 3.72. The van der Waals surface area contributed by atoms with E-state index in [1.807, 2.05) is 11.8 Å². The summed E-state index contributed by atoms with van der Waals surface area (Å²) in [7, 11) is 0. The Bertz CT molecular complexity index is 365. The lowest BCUT2D eigenvalue weighted by molar-refractivity contribution is 0.0745. The fraction of sp³-hybridized carbons (Fsp3) is 0.667. The molecule has 1 aromatic rings. The second-order valence-corrected chi connectivity index (χ2v) is 4.47. The maximum Gasteiger partial charge on any atom is 0.267 e. The van der Waals surface area contributed by atoms with Crippen molar-refractivity contribution in [2.24, 2.45) is 5.73 Å². The van der Waals surface area contributed by atoms with Crippen molar-refractivity contribution in [3.05, 3.63) is 10.6 Å². The topological polar surface area (TPSA) is 72.1 Å². The van der Waals surface area contributed by atoms with E-state index in [0.717, 1.165) is 30.9 Å². The van der Waals surface area contributed by atoms with E-state index in [0.29, 0.717) is 17.1 Å². The molecule has 0 aliphatic carbocycles. The van der Waals surface area contributed by atoms with Crippen LogP contribution in [0.15, 0.2) is 0 Å². The van der Waals surface area contributed by atoms with Gasteiger partial charge in [0.15, 0.2) is 0 Å². The molecule has 1 fully saturated rings. The number of nitrogens with zero attached hydrogens (tertiary/aromatic N) is 3. The fourth-order valence-corrected chi connectivity index (χ4v) is 2.52. The minimum absolute atomic E-state index is 0.0375. The zero-order valence-electron chi connectivity index (χ0n) is 8.64. The molecule has 5 nitrogen and oxygen atoms in total. The first-order chi connectivity index (χ1) is 7.24. The molecule has 1 atom stereocenters. The summed E-state index contributed by atoms with van der Waals surface area (Å²) in [5, 5.41) is 3.85. The monoisotopic (exact) mass is 226 g/mol. The molecule has 1 unspecified atom stereocenters. The summed E-state index contributed by atoms with van der Waals surface area (Å²) in [5.74, 6) is 0.0375. The quantitative estimate of drug-likeness (QED) is 0.792. The number of aryl methyl sites for hydroxylation is 1. The van der Waals surface area contributed by atoms with E-state index in [2.05, 4.69) is 9.59 Å². The third-order valence-corrected chi connectivity index (χ3v) is 3.57. The fourth-order valence-electron chi connectivity index (χ4n) is 1.91. The van der Waals surface area contributed by atoms with Gasteiger partial charge in [0, 0.05) is 19.1 Å². The minimum atomic E-state index is 0.0375. The Labute approximate surface area is 92.4 Å². The molecule has 2 heterocycles. The van der Waals surface area contributed by atoms with E-state index in [1.165, 1.54) is 0 Å². The molecule has 1 aromatic heterocycles. The van der Waals surface area contributed by atoms with Crippen LogP contribution in [-0.2, 0) is 0 Å². The van der Waals surface area contributed by atoms with Crippen LogP contribution in [-0.4, -0.2) is 39.5 Å². The van der Waals surface area contributed by atoms with E-state index < -0.39 is 0 Å². The average Bonchev–Trinajstić information content (AvgIpc) is 2.84. The molecule has 2 rings (SSSR count). The lowest BCUT2D eigenvalue weighted by Gasteiger charge is -2.22. The maximum atomic E-state index is 12.1. The Hall–Kier alpha value is -1.01. The van der Waals surface area contributed by atoms with Gasteiger partial charge in [-0.2, -0.15) is 0 Å². The van der Waals surface area contributed by atoms with Crippen LogP contribution < -0.4 is 5.73 Å². The van der Waals surface area contributed by atoms with Crippen LogP contribution in [0.2, 0.25) is 0 Å². The molecule has 0 spiro atoms. The summed E-state index contributed by atoms with van der Waals surface area (Å²) < 4.78 is 3.78.